The van der Waals surface area contributed by atoms with Crippen LogP contribution in [-0.4, -0.2) is 12.1 Å². The van der Waals surface area contributed by atoms with Gasteiger partial charge in [-0.3, -0.25) is 4.79 Å². The van der Waals surface area contributed by atoms with Gasteiger partial charge in [0.05, 0.1) is 0 Å². The van der Waals surface area contributed by atoms with Gasteiger partial charge in [0.2, 0.25) is 0 Å². The molecule has 0 amide bonds. The zero-order chi connectivity index (χ0) is 24.9. The lowest BCUT2D eigenvalue weighted by Gasteiger charge is -2.70. The van der Waals surface area contributed by atoms with E-state index in [4.69, 9.17) is 4.74 Å². The molecule has 4 fully saturated rings. The normalized spacial score (nSPS) is 51.1. The Morgan fingerprint density at radius 2 is 1.41 bits per heavy atom. The number of hydrogen-bond donors (Lipinski definition) is 0. The molecule has 2 nitrogen and oxygen atoms in total. The first-order valence-electron chi connectivity index (χ1n) is 14.5. The molecule has 0 saturated heterocycles. The van der Waals surface area contributed by atoms with Crippen LogP contribution in [0.5, 0.6) is 0 Å². The van der Waals surface area contributed by atoms with Crippen LogP contribution >= 0.6 is 0 Å². The number of hydrogen-bond acceptors (Lipinski definition) is 2. The molecule has 0 aliphatic heterocycles. The Hall–Kier alpha value is -0.790. The third kappa shape index (κ3) is 3.28. The Morgan fingerprint density at radius 3 is 2.06 bits per heavy atom. The second kappa shape index (κ2) is 7.38. The fourth-order valence-electron chi connectivity index (χ4n) is 11.2. The number of fused-ring (bicyclic) bond motifs is 7. The van der Waals surface area contributed by atoms with Gasteiger partial charge in [0.1, 0.15) is 6.10 Å². The predicted molar refractivity (Wildman–Crippen MR) is 140 cm³/mol. The first kappa shape index (κ1) is 24.9. The Kier molecular flexibility index (Phi) is 5.40. The molecule has 0 radical (unpaired) electrons. The van der Waals surface area contributed by atoms with E-state index in [1.54, 1.807) is 6.92 Å². The summed E-state index contributed by atoms with van der Waals surface area (Å²) in [6, 6.07) is 0. The fourth-order valence-corrected chi connectivity index (χ4v) is 11.2. The predicted octanol–water partition coefficient (Wildman–Crippen LogP) is 8.74. The molecule has 5 aliphatic rings. The van der Waals surface area contributed by atoms with Crippen LogP contribution in [0.4, 0.5) is 0 Å². The lowest BCUT2D eigenvalue weighted by molar-refractivity contribution is -0.198. The molecule has 0 N–H and O–H groups in total. The van der Waals surface area contributed by atoms with Crippen LogP contribution in [0.3, 0.4) is 0 Å². The van der Waals surface area contributed by atoms with Crippen molar-refractivity contribution in [1.82, 2.24) is 0 Å². The lowest BCUT2D eigenvalue weighted by atomic mass is 9.34. The number of allylic oxidation sites excluding steroid dienone is 2. The standard InChI is InChI=1S/C32H52O2/c1-21(33)34-26-13-17-30(7)22(28(26,4)5)11-15-31(8)23-10-14-29(6)19-18-27(2,3)20-25(29)32(23,9)16-12-24(30)31/h10,22,24-26H,11-20H2,1-9H3/t22-,24+,25+,26-,29-,30-,31+,32+/m0/s1. The van der Waals surface area contributed by atoms with Gasteiger partial charge in [0.15, 0.2) is 0 Å². The molecule has 0 aromatic carbocycles. The Balaban J connectivity index is 1.51. The van der Waals surface area contributed by atoms with Crippen molar-refractivity contribution < 1.29 is 9.53 Å². The van der Waals surface area contributed by atoms with Crippen molar-refractivity contribution in [2.75, 3.05) is 0 Å². The van der Waals surface area contributed by atoms with Gasteiger partial charge < -0.3 is 4.74 Å². The molecule has 0 spiro atoms. The van der Waals surface area contributed by atoms with Gasteiger partial charge in [0, 0.05) is 12.3 Å². The van der Waals surface area contributed by atoms with Crippen LogP contribution < -0.4 is 0 Å². The van der Waals surface area contributed by atoms with E-state index < -0.39 is 0 Å². The van der Waals surface area contributed by atoms with Crippen molar-refractivity contribution in [3.63, 3.8) is 0 Å². The average molecular weight is 469 g/mol. The maximum atomic E-state index is 11.9. The van der Waals surface area contributed by atoms with Crippen molar-refractivity contribution in [2.24, 2.45) is 50.2 Å². The van der Waals surface area contributed by atoms with Gasteiger partial charge >= 0.3 is 5.97 Å². The minimum Gasteiger partial charge on any atom is -0.462 e. The van der Waals surface area contributed by atoms with Crippen molar-refractivity contribution in [3.05, 3.63) is 11.6 Å². The summed E-state index contributed by atoms with van der Waals surface area (Å²) in [5, 5.41) is 0. The van der Waals surface area contributed by atoms with Crippen LogP contribution in [-0.2, 0) is 9.53 Å². The Morgan fingerprint density at radius 1 is 0.794 bits per heavy atom. The maximum absolute atomic E-state index is 11.9. The third-order valence-corrected chi connectivity index (χ3v) is 13.0. The molecule has 0 bridgehead atoms. The monoisotopic (exact) mass is 468 g/mol. The molecule has 4 saturated carbocycles. The quantitative estimate of drug-likeness (QED) is 0.284. The van der Waals surface area contributed by atoms with E-state index in [0.717, 1.165) is 18.3 Å². The van der Waals surface area contributed by atoms with E-state index in [0.29, 0.717) is 33.0 Å². The smallest absolute Gasteiger partial charge is 0.302 e. The maximum Gasteiger partial charge on any atom is 0.302 e. The van der Waals surface area contributed by atoms with Crippen molar-refractivity contribution in [3.8, 4) is 0 Å². The lowest BCUT2D eigenvalue weighted by Crippen LogP contribution is -2.63. The average Bonchev–Trinajstić information content (AvgIpc) is 2.70. The second-order valence-electron chi connectivity index (χ2n) is 15.9. The minimum absolute atomic E-state index is 0.0493. The SMILES string of the molecule is CC(=O)O[C@H]1CC[C@]2(C)[C@H]3CC[C@]4(C)C(=CC[C@@]5(C)CCC(C)(C)C[C@H]54)[C@@]3(C)CC[C@H]2C1(C)C. The summed E-state index contributed by atoms with van der Waals surface area (Å²) >= 11 is 0. The van der Waals surface area contributed by atoms with E-state index in [1.165, 1.54) is 57.8 Å². The number of carbonyl (C=O) groups is 1. The molecule has 192 valence electrons. The Bertz CT molecular complexity index is 897. The first-order valence-corrected chi connectivity index (χ1v) is 14.5. The highest BCUT2D eigenvalue weighted by Gasteiger charge is 2.67. The number of rotatable bonds is 1. The van der Waals surface area contributed by atoms with E-state index >= 15 is 0 Å². The first-order chi connectivity index (χ1) is 15.6. The van der Waals surface area contributed by atoms with Crippen LogP contribution in [0.1, 0.15) is 127 Å². The summed E-state index contributed by atoms with van der Waals surface area (Å²) < 4.78 is 5.90. The summed E-state index contributed by atoms with van der Waals surface area (Å²) in [5.41, 5.74) is 3.90. The van der Waals surface area contributed by atoms with E-state index in [1.807, 2.05) is 5.57 Å². The van der Waals surface area contributed by atoms with Gasteiger partial charge in [-0.1, -0.05) is 67.0 Å². The summed E-state index contributed by atoms with van der Waals surface area (Å²) in [6.45, 7) is 22.0. The minimum atomic E-state index is -0.110. The molecule has 8 atom stereocenters. The molecule has 0 unspecified atom stereocenters. The zero-order valence-electron chi connectivity index (χ0n) is 23.8. The zero-order valence-corrected chi connectivity index (χ0v) is 23.8. The summed E-state index contributed by atoms with van der Waals surface area (Å²) in [7, 11) is 0. The summed E-state index contributed by atoms with van der Waals surface area (Å²) in [5.74, 6) is 2.09. The molecule has 0 heterocycles. The molecular formula is C32H52O2. The van der Waals surface area contributed by atoms with Crippen molar-refractivity contribution >= 4 is 5.97 Å². The van der Waals surface area contributed by atoms with E-state index in [2.05, 4.69) is 61.5 Å². The third-order valence-electron chi connectivity index (χ3n) is 13.0. The van der Waals surface area contributed by atoms with Crippen molar-refractivity contribution in [2.45, 2.75) is 133 Å². The Labute approximate surface area is 210 Å². The largest absolute Gasteiger partial charge is 0.462 e. The fraction of sp³-hybridized carbons (Fsp3) is 0.906. The number of carbonyl (C=O) groups excluding carboxylic acids is 1. The van der Waals surface area contributed by atoms with Crippen LogP contribution in [0.2, 0.25) is 0 Å². The molecule has 5 aliphatic carbocycles. The highest BCUT2D eigenvalue weighted by molar-refractivity contribution is 5.66. The topological polar surface area (TPSA) is 26.3 Å². The molecular weight excluding hydrogens is 416 g/mol. The second-order valence-corrected chi connectivity index (χ2v) is 15.9. The molecule has 2 heteroatoms. The van der Waals surface area contributed by atoms with Crippen LogP contribution in [0.25, 0.3) is 0 Å². The van der Waals surface area contributed by atoms with Crippen LogP contribution in [0.15, 0.2) is 11.6 Å². The van der Waals surface area contributed by atoms with Crippen LogP contribution in [0, 0.1) is 50.2 Å². The molecule has 0 aromatic rings. The molecule has 5 rings (SSSR count). The molecule has 0 aromatic heterocycles. The number of esters is 1. The van der Waals surface area contributed by atoms with Gasteiger partial charge in [-0.25, -0.2) is 0 Å². The van der Waals surface area contributed by atoms with Gasteiger partial charge in [-0.15, -0.1) is 0 Å². The van der Waals surface area contributed by atoms with E-state index in [-0.39, 0.29) is 17.5 Å². The van der Waals surface area contributed by atoms with Gasteiger partial charge in [-0.05, 0) is 109 Å². The highest BCUT2D eigenvalue weighted by atomic mass is 16.5. The van der Waals surface area contributed by atoms with Gasteiger partial charge in [-0.2, -0.15) is 0 Å². The van der Waals surface area contributed by atoms with Crippen molar-refractivity contribution in [1.29, 1.82) is 0 Å². The molecule has 34 heavy (non-hydrogen) atoms. The van der Waals surface area contributed by atoms with E-state index in [9.17, 15) is 4.79 Å². The number of ether oxygens (including phenoxy) is 1. The van der Waals surface area contributed by atoms with Gasteiger partial charge in [0.25, 0.3) is 0 Å². The highest BCUT2D eigenvalue weighted by Crippen LogP contribution is 2.75. The summed E-state index contributed by atoms with van der Waals surface area (Å²) in [6.07, 6.45) is 15.9. The summed E-state index contributed by atoms with van der Waals surface area (Å²) in [4.78, 5) is 11.9.